The molecule has 2 aliphatic rings. The second-order valence-corrected chi connectivity index (χ2v) is 24.7. The molecule has 27 nitrogen and oxygen atoms in total. The van der Waals surface area contributed by atoms with Crippen molar-refractivity contribution in [2.75, 3.05) is 42.7 Å². The van der Waals surface area contributed by atoms with Gasteiger partial charge in [-0.1, -0.05) is 72.8 Å². The summed E-state index contributed by atoms with van der Waals surface area (Å²) >= 11 is 0. The molecule has 17 N–H and O–H groups in total. The normalized spacial score (nSPS) is 10.9. The Bertz CT molecular complexity index is 4870. The van der Waals surface area contributed by atoms with Crippen LogP contribution in [-0.2, 0) is 24.2 Å². The molecule has 0 aliphatic carbocycles. The van der Waals surface area contributed by atoms with E-state index in [1.807, 2.05) is 44.1 Å². The van der Waals surface area contributed by atoms with E-state index in [-0.39, 0.29) is 97.4 Å². The lowest BCUT2D eigenvalue weighted by molar-refractivity contribution is -0.384. The molecule has 11 aromatic rings. The van der Waals surface area contributed by atoms with Gasteiger partial charge in [-0.3, -0.25) is 24.5 Å². The lowest BCUT2D eigenvalue weighted by Crippen LogP contribution is -2.34. The molecule has 0 saturated carbocycles. The largest absolute Gasteiger partial charge is 0.508 e. The number of aliphatic hydroxyl groups is 1. The molecule has 13 rings (SSSR count). The van der Waals surface area contributed by atoms with Crippen LogP contribution < -0.4 is 20.3 Å². The van der Waals surface area contributed by atoms with Crippen molar-refractivity contribution in [3.8, 4) is 74.7 Å². The molecule has 0 bridgehead atoms. The van der Waals surface area contributed by atoms with Crippen molar-refractivity contribution in [2.24, 2.45) is 0 Å². The Morgan fingerprint density at radius 2 is 0.910 bits per heavy atom. The number of nitro benzene ring substituents is 1. The fourth-order valence-corrected chi connectivity index (χ4v) is 10.5. The molecular formula is C84H86N4O23. The fourth-order valence-electron chi connectivity index (χ4n) is 10.5. The SMILES string of the molecule is CC(=O)Oc1cccc(O)c1.CN(C)c1cccc(O)c1.Cc1cc(O)c(C)c(O)c1.Cc1cc(O)cc(O)c1.Nc1cccc(O)c1.O=C(O)c1ccccc1C(=O)c1ccc(CO)cc1O.O=C(O)c1ccccc1C(=O)c1ccc([N+](=O)[O-])cc1O.Oc1ccc2c3c1CCCN3CCC2.Oc1cccc(O)c1. The van der Waals surface area contributed by atoms with Gasteiger partial charge >= 0.3 is 17.9 Å². The topological polar surface area (TPSA) is 474 Å². The first kappa shape index (κ1) is 87.2. The Kier molecular flexibility index (Phi) is 33.5. The maximum absolute atomic E-state index is 12.3. The standard InChI is InChI=1S/C15H12O5.C14H9NO6.C12H15NO.C8H11NO.C8H8O3.C8H10O2.C7H8O2.C6H7NO.C6H6O2/c16-8-9-5-6-12(13(17)7-9)14(18)10-3-1-2-4-11(10)15(19)20;16-12-7-8(15(20)21)5-6-11(12)13(17)9-3-1-2-4-10(9)14(18)19;14-11-6-5-9-3-1-7-13-8-2-4-10(11)12(9)13;1-9(2)7-4-3-5-8(10)6-7;1-6(9)11-8-4-2-3-7(10)5-8;1-5-3-7(9)6(2)8(10)4-5;1-5-2-6(8)4-7(9)3-5;2*7-5-2-1-3-6(8)4-5/h1-7,16-17H,8H2,(H,19,20);1-7,16H,(H,18,19);5-6,14H,1-4,7-8H2;3-6,10H,1-2H3;2-5,10H,1H3;3-4,9-10H,1-2H3;2-4,8-9H,1H3;1-4,8H,7H2;1-4,7-8H. The van der Waals surface area contributed by atoms with E-state index in [1.165, 1.54) is 159 Å². The van der Waals surface area contributed by atoms with Crippen LogP contribution in [0, 0.1) is 30.9 Å². The van der Waals surface area contributed by atoms with E-state index >= 15 is 0 Å². The Balaban J connectivity index is 0.000000228. The van der Waals surface area contributed by atoms with Crippen LogP contribution in [0.1, 0.15) is 106 Å². The first-order valence-corrected chi connectivity index (χ1v) is 33.8. The number of esters is 1. The maximum Gasteiger partial charge on any atom is 0.336 e. The quantitative estimate of drug-likeness (QED) is 0.0151. The molecule has 27 heteroatoms. The van der Waals surface area contributed by atoms with Crippen LogP contribution in [0.2, 0.25) is 0 Å². The van der Waals surface area contributed by atoms with Crippen molar-refractivity contribution >= 4 is 52.2 Å². The highest BCUT2D eigenvalue weighted by atomic mass is 16.6. The number of nitrogens with zero attached hydrogens (tertiary/aromatic N) is 3. The summed E-state index contributed by atoms with van der Waals surface area (Å²) < 4.78 is 4.70. The maximum atomic E-state index is 12.3. The molecule has 111 heavy (non-hydrogen) atoms. The summed E-state index contributed by atoms with van der Waals surface area (Å²) in [4.78, 5) is 71.4. The molecule has 11 aromatic carbocycles. The van der Waals surface area contributed by atoms with Gasteiger partial charge in [0.1, 0.15) is 74.7 Å². The van der Waals surface area contributed by atoms with E-state index in [0.717, 1.165) is 41.4 Å². The van der Waals surface area contributed by atoms with Gasteiger partial charge in [0.25, 0.3) is 5.69 Å². The zero-order valence-corrected chi connectivity index (χ0v) is 61.2. The van der Waals surface area contributed by atoms with Gasteiger partial charge in [-0.25, -0.2) is 9.59 Å². The smallest absolute Gasteiger partial charge is 0.336 e. The Morgan fingerprint density at radius 3 is 1.32 bits per heavy atom. The number of nitro groups is 1. The third kappa shape index (κ3) is 28.1. The van der Waals surface area contributed by atoms with Crippen molar-refractivity contribution in [3.63, 3.8) is 0 Å². The molecular weight excluding hydrogens is 1430 g/mol. The molecule has 0 aromatic heterocycles. The lowest BCUT2D eigenvalue weighted by Gasteiger charge is -2.36. The summed E-state index contributed by atoms with van der Waals surface area (Å²) in [5.74, 6) is -2.89. The summed E-state index contributed by atoms with van der Waals surface area (Å²) in [5, 5.41) is 147. The monoisotopic (exact) mass is 1520 g/mol. The number of carboxylic acids is 2. The van der Waals surface area contributed by atoms with E-state index in [0.29, 0.717) is 34.1 Å². The second-order valence-electron chi connectivity index (χ2n) is 24.7. The van der Waals surface area contributed by atoms with Gasteiger partial charge < -0.3 is 96.9 Å². The highest BCUT2D eigenvalue weighted by molar-refractivity contribution is 6.16. The number of phenols is 12. The summed E-state index contributed by atoms with van der Waals surface area (Å²) in [7, 11) is 3.88. The van der Waals surface area contributed by atoms with Gasteiger partial charge in [-0.05, 0) is 178 Å². The predicted molar refractivity (Wildman–Crippen MR) is 417 cm³/mol. The van der Waals surface area contributed by atoms with E-state index in [4.69, 9.17) is 71.7 Å². The fraction of sp³-hybridized carbons (Fsp3) is 0.155. The molecule has 0 unspecified atom stereocenters. The number of carboxylic acid groups (broad SMARTS) is 2. The summed E-state index contributed by atoms with van der Waals surface area (Å²) in [6.07, 6.45) is 4.67. The number of hydrogen-bond donors (Lipinski definition) is 16. The minimum atomic E-state index is -1.28. The average molecular weight is 1520 g/mol. The second kappa shape index (κ2) is 42.6. The van der Waals surface area contributed by atoms with Crippen molar-refractivity contribution in [1.82, 2.24) is 0 Å². The van der Waals surface area contributed by atoms with E-state index in [9.17, 15) is 49.4 Å². The minimum Gasteiger partial charge on any atom is -0.508 e. The zero-order chi connectivity index (χ0) is 82.2. The van der Waals surface area contributed by atoms with Crippen molar-refractivity contribution in [1.29, 1.82) is 0 Å². The number of carbonyl (C=O) groups is 5. The number of phenolic OH excluding ortho intramolecular Hbond substituents is 12. The van der Waals surface area contributed by atoms with Gasteiger partial charge in [0, 0.05) is 110 Å². The summed E-state index contributed by atoms with van der Waals surface area (Å²) in [6.45, 7) is 8.69. The van der Waals surface area contributed by atoms with Gasteiger partial charge in [0.15, 0.2) is 11.6 Å². The van der Waals surface area contributed by atoms with Crippen LogP contribution in [0.15, 0.2) is 224 Å². The highest BCUT2D eigenvalue weighted by Crippen LogP contribution is 2.40. The third-order valence-electron chi connectivity index (χ3n) is 15.8. The van der Waals surface area contributed by atoms with Crippen LogP contribution in [0.25, 0.3) is 0 Å². The molecule has 580 valence electrons. The van der Waals surface area contributed by atoms with Crippen LogP contribution in [-0.4, -0.2) is 138 Å². The van der Waals surface area contributed by atoms with Crippen LogP contribution in [0.5, 0.6) is 74.7 Å². The Morgan fingerprint density at radius 1 is 0.459 bits per heavy atom. The molecule has 0 amide bonds. The average Bonchev–Trinajstić information content (AvgIpc) is 0.781. The number of carbonyl (C=O) groups excluding carboxylic acids is 3. The molecule has 0 fully saturated rings. The predicted octanol–water partition coefficient (Wildman–Crippen LogP) is 14.1. The van der Waals surface area contributed by atoms with E-state index in [1.54, 1.807) is 92.7 Å². The number of ether oxygens (including phenoxy) is 1. The van der Waals surface area contributed by atoms with Crippen LogP contribution >= 0.6 is 0 Å². The van der Waals surface area contributed by atoms with Gasteiger partial charge in [0.2, 0.25) is 0 Å². The lowest BCUT2D eigenvalue weighted by atomic mass is 9.91. The van der Waals surface area contributed by atoms with E-state index in [2.05, 4.69) is 11.0 Å². The van der Waals surface area contributed by atoms with Gasteiger partial charge in [-0.15, -0.1) is 0 Å². The minimum absolute atomic E-state index is 0.00380. The first-order valence-electron chi connectivity index (χ1n) is 33.8. The number of nitrogens with two attached hydrogens (primary N) is 1. The molecule has 0 atom stereocenters. The molecule has 2 heterocycles. The number of aromatic hydroxyl groups is 12. The summed E-state index contributed by atoms with van der Waals surface area (Å²) in [6, 6.07) is 55.7. The Labute approximate surface area is 638 Å². The van der Waals surface area contributed by atoms with Crippen LogP contribution in [0.4, 0.5) is 22.7 Å². The Hall–Kier alpha value is -14.5. The number of aromatic carboxylic acids is 2. The van der Waals surface area contributed by atoms with Gasteiger partial charge in [-0.2, -0.15) is 0 Å². The summed E-state index contributed by atoms with van der Waals surface area (Å²) in [5.41, 5.74) is 12.6. The number of non-ortho nitro benzene ring substituents is 1. The van der Waals surface area contributed by atoms with Gasteiger partial charge in [0.05, 0.1) is 39.9 Å². The number of aryl methyl sites for hydroxylation is 3. The number of benzene rings is 11. The number of nitrogen functional groups attached to an aromatic ring is 1. The third-order valence-corrected chi connectivity index (χ3v) is 15.8. The van der Waals surface area contributed by atoms with Crippen molar-refractivity contribution in [3.05, 3.63) is 301 Å². The van der Waals surface area contributed by atoms with Crippen molar-refractivity contribution in [2.45, 2.75) is 60.0 Å². The number of anilines is 3. The molecule has 0 saturated heterocycles. The van der Waals surface area contributed by atoms with Crippen LogP contribution in [0.3, 0.4) is 0 Å². The highest BCUT2D eigenvalue weighted by Gasteiger charge is 2.26. The first-order chi connectivity index (χ1) is 52.6. The molecule has 2 aliphatic heterocycles. The molecule has 0 spiro atoms. The number of hydrogen-bond acceptors (Lipinski definition) is 24. The number of rotatable bonds is 10. The van der Waals surface area contributed by atoms with E-state index < -0.39 is 40.1 Å². The molecule has 0 radical (unpaired) electrons. The number of aliphatic hydroxyl groups excluding tert-OH is 1. The number of ketones is 2. The van der Waals surface area contributed by atoms with Crippen molar-refractivity contribution < 1.29 is 110 Å². The zero-order valence-electron chi connectivity index (χ0n) is 61.2.